The lowest BCUT2D eigenvalue weighted by atomic mass is 9.90. The van der Waals surface area contributed by atoms with Gasteiger partial charge in [-0.15, -0.1) is 0 Å². The second kappa shape index (κ2) is 9.91. The summed E-state index contributed by atoms with van der Waals surface area (Å²) in [5, 5.41) is 6.49. The molecule has 1 aliphatic carbocycles. The molecule has 5 nitrogen and oxygen atoms in total. The van der Waals surface area contributed by atoms with E-state index in [-0.39, 0.29) is 23.7 Å². The van der Waals surface area contributed by atoms with Gasteiger partial charge >= 0.3 is 6.61 Å². The van der Waals surface area contributed by atoms with E-state index in [0.717, 1.165) is 0 Å². The number of hydrogen-bond donors (Lipinski definition) is 2. The highest BCUT2D eigenvalue weighted by molar-refractivity contribution is 9.10. The van der Waals surface area contributed by atoms with E-state index in [4.69, 9.17) is 0 Å². The van der Waals surface area contributed by atoms with Gasteiger partial charge in [-0.3, -0.25) is 9.78 Å². The van der Waals surface area contributed by atoms with Crippen molar-refractivity contribution in [2.45, 2.75) is 63.8 Å². The van der Waals surface area contributed by atoms with Crippen LogP contribution < -0.4 is 15.4 Å². The van der Waals surface area contributed by atoms with Crippen molar-refractivity contribution >= 4 is 32.7 Å². The van der Waals surface area contributed by atoms with E-state index < -0.39 is 19.1 Å². The highest BCUT2D eigenvalue weighted by atomic mass is 79.9. The summed E-state index contributed by atoms with van der Waals surface area (Å²) in [4.78, 5) is 16.8. The Morgan fingerprint density at radius 1 is 1.13 bits per heavy atom. The third-order valence-corrected chi connectivity index (χ3v) is 5.77. The monoisotopic (exact) mass is 491 g/mol. The summed E-state index contributed by atoms with van der Waals surface area (Å²) in [6.07, 6.45) is 1.78. The maximum Gasteiger partial charge on any atom is 0.387 e. The van der Waals surface area contributed by atoms with Gasteiger partial charge in [-0.05, 0) is 60.7 Å². The SMILES string of the molecule is C[C@H](NC1CCC(NC(=O)c2cnc3cc(OC(F)F)c(Br)cc3c2)CC1)C(F)F. The van der Waals surface area contributed by atoms with Crippen LogP contribution in [0.3, 0.4) is 0 Å². The Balaban J connectivity index is 1.60. The number of fused-ring (bicyclic) bond motifs is 1. The van der Waals surface area contributed by atoms with Crippen LogP contribution in [-0.4, -0.2) is 42.1 Å². The fourth-order valence-electron chi connectivity index (χ4n) is 3.56. The van der Waals surface area contributed by atoms with Gasteiger partial charge in [-0.2, -0.15) is 8.78 Å². The summed E-state index contributed by atoms with van der Waals surface area (Å²) in [6.45, 7) is -1.49. The maximum atomic E-state index is 12.7. The van der Waals surface area contributed by atoms with E-state index in [1.165, 1.54) is 19.2 Å². The minimum Gasteiger partial charge on any atom is -0.434 e. The molecule has 1 saturated carbocycles. The molecular weight excluding hydrogens is 470 g/mol. The number of nitrogens with zero attached hydrogens (tertiary/aromatic N) is 1. The number of alkyl halides is 4. The molecule has 1 heterocycles. The molecule has 1 aromatic heterocycles. The highest BCUT2D eigenvalue weighted by Crippen LogP contribution is 2.31. The third kappa shape index (κ3) is 5.81. The second-order valence-electron chi connectivity index (χ2n) is 7.39. The molecule has 10 heteroatoms. The molecule has 2 N–H and O–H groups in total. The lowest BCUT2D eigenvalue weighted by Gasteiger charge is -2.31. The number of amides is 1. The Bertz CT molecular complexity index is 892. The van der Waals surface area contributed by atoms with Crippen LogP contribution in [-0.2, 0) is 0 Å². The zero-order chi connectivity index (χ0) is 21.8. The van der Waals surface area contributed by atoms with E-state index in [9.17, 15) is 22.4 Å². The molecule has 0 bridgehead atoms. The summed E-state index contributed by atoms with van der Waals surface area (Å²) in [6, 6.07) is 3.70. The smallest absolute Gasteiger partial charge is 0.387 e. The fraction of sp³-hybridized carbons (Fsp3) is 0.500. The van der Waals surface area contributed by atoms with E-state index in [2.05, 4.69) is 36.3 Å². The number of rotatable bonds is 7. The Kier molecular flexibility index (Phi) is 7.51. The summed E-state index contributed by atoms with van der Waals surface area (Å²) in [5.74, 6) is -0.320. The topological polar surface area (TPSA) is 63.2 Å². The van der Waals surface area contributed by atoms with E-state index >= 15 is 0 Å². The number of hydrogen-bond acceptors (Lipinski definition) is 4. The highest BCUT2D eigenvalue weighted by Gasteiger charge is 2.26. The molecule has 0 saturated heterocycles. The molecule has 30 heavy (non-hydrogen) atoms. The number of benzene rings is 1. The third-order valence-electron chi connectivity index (χ3n) is 5.15. The predicted octanol–water partition coefficient (Wildman–Crippen LogP) is 4.88. The van der Waals surface area contributed by atoms with Crippen molar-refractivity contribution in [3.8, 4) is 5.75 Å². The summed E-state index contributed by atoms with van der Waals surface area (Å²) in [7, 11) is 0. The first-order valence-electron chi connectivity index (χ1n) is 9.62. The summed E-state index contributed by atoms with van der Waals surface area (Å²) < 4.78 is 55.0. The van der Waals surface area contributed by atoms with Crippen LogP contribution in [0.4, 0.5) is 17.6 Å². The van der Waals surface area contributed by atoms with Gasteiger partial charge in [0.05, 0.1) is 21.6 Å². The van der Waals surface area contributed by atoms with Crippen molar-refractivity contribution in [2.24, 2.45) is 0 Å². The van der Waals surface area contributed by atoms with Crippen LogP contribution in [0, 0.1) is 0 Å². The Labute approximate surface area is 179 Å². The van der Waals surface area contributed by atoms with E-state index in [1.807, 2.05) is 0 Å². The quantitative estimate of drug-likeness (QED) is 0.541. The van der Waals surface area contributed by atoms with Gasteiger partial charge in [0, 0.05) is 29.7 Å². The molecule has 1 atom stereocenters. The first-order chi connectivity index (χ1) is 14.2. The molecule has 1 aromatic carbocycles. The second-order valence-corrected chi connectivity index (χ2v) is 8.24. The van der Waals surface area contributed by atoms with Crippen molar-refractivity contribution in [1.29, 1.82) is 0 Å². The Morgan fingerprint density at radius 3 is 2.43 bits per heavy atom. The number of pyridine rings is 1. The minimum absolute atomic E-state index is 0.0199. The van der Waals surface area contributed by atoms with E-state index in [1.54, 1.807) is 12.1 Å². The van der Waals surface area contributed by atoms with Gasteiger partial charge < -0.3 is 15.4 Å². The first-order valence-corrected chi connectivity index (χ1v) is 10.4. The fourth-order valence-corrected chi connectivity index (χ4v) is 4.01. The number of carbonyl (C=O) groups excluding carboxylic acids is 1. The van der Waals surface area contributed by atoms with Crippen LogP contribution in [0.25, 0.3) is 10.9 Å². The molecule has 0 spiro atoms. The van der Waals surface area contributed by atoms with Crippen LogP contribution in [0.15, 0.2) is 28.9 Å². The molecule has 1 amide bonds. The van der Waals surface area contributed by atoms with Gasteiger partial charge in [0.2, 0.25) is 0 Å². The maximum absolute atomic E-state index is 12.7. The van der Waals surface area contributed by atoms with Crippen molar-refractivity contribution in [3.63, 3.8) is 0 Å². The lowest BCUT2D eigenvalue weighted by Crippen LogP contribution is -2.46. The first kappa shape index (κ1) is 22.7. The van der Waals surface area contributed by atoms with Gasteiger partial charge in [-0.25, -0.2) is 8.78 Å². The van der Waals surface area contributed by atoms with Crippen LogP contribution in [0.5, 0.6) is 5.75 Å². The van der Waals surface area contributed by atoms with Gasteiger partial charge in [0.15, 0.2) is 0 Å². The van der Waals surface area contributed by atoms with Crippen LogP contribution in [0.1, 0.15) is 43.0 Å². The number of ether oxygens (including phenoxy) is 1. The van der Waals surface area contributed by atoms with Gasteiger partial charge in [0.1, 0.15) is 5.75 Å². The van der Waals surface area contributed by atoms with Crippen molar-refractivity contribution in [3.05, 3.63) is 34.4 Å². The summed E-state index contributed by atoms with van der Waals surface area (Å²) in [5.41, 5.74) is 0.772. The zero-order valence-corrected chi connectivity index (χ0v) is 17.8. The number of aromatic nitrogens is 1. The number of nitrogens with one attached hydrogen (secondary N) is 2. The molecule has 0 unspecified atom stereocenters. The average Bonchev–Trinajstić information content (AvgIpc) is 2.69. The standard InChI is InChI=1S/C20H22BrF4N3O2/c1-10(18(22)23)27-13-2-4-14(5-3-13)28-19(29)12-6-11-7-15(21)17(30-20(24)25)8-16(11)26-9-12/h6-10,13-14,18,20,27H,2-5H2,1H3,(H,28,29)/t10-,13?,14?/m0/s1. The van der Waals surface area contributed by atoms with Crippen LogP contribution >= 0.6 is 15.9 Å². The average molecular weight is 492 g/mol. The Morgan fingerprint density at radius 2 is 1.80 bits per heavy atom. The van der Waals surface area contributed by atoms with Crippen molar-refractivity contribution in [1.82, 2.24) is 15.6 Å². The number of halogens is 5. The molecule has 3 rings (SSSR count). The predicted molar refractivity (Wildman–Crippen MR) is 108 cm³/mol. The normalized spacial score (nSPS) is 20.5. The number of carbonyl (C=O) groups is 1. The lowest BCUT2D eigenvalue weighted by molar-refractivity contribution is -0.0502. The molecular formula is C20H22BrF4N3O2. The van der Waals surface area contributed by atoms with Crippen molar-refractivity contribution < 1.29 is 27.1 Å². The minimum atomic E-state index is -2.95. The molecule has 0 radical (unpaired) electrons. The molecule has 164 valence electrons. The Hall–Kier alpha value is -1.94. The van der Waals surface area contributed by atoms with Gasteiger partial charge in [-0.1, -0.05) is 0 Å². The van der Waals surface area contributed by atoms with E-state index in [0.29, 0.717) is 46.6 Å². The van der Waals surface area contributed by atoms with Crippen LogP contribution in [0.2, 0.25) is 0 Å². The van der Waals surface area contributed by atoms with Crippen molar-refractivity contribution in [2.75, 3.05) is 0 Å². The molecule has 1 aliphatic rings. The molecule has 0 aliphatic heterocycles. The molecule has 1 fully saturated rings. The summed E-state index contributed by atoms with van der Waals surface area (Å²) >= 11 is 3.18. The zero-order valence-electron chi connectivity index (χ0n) is 16.2. The van der Waals surface area contributed by atoms with Gasteiger partial charge in [0.25, 0.3) is 12.3 Å². The largest absolute Gasteiger partial charge is 0.434 e. The molecule has 2 aromatic rings.